The highest BCUT2D eigenvalue weighted by Gasteiger charge is 2.66. The summed E-state index contributed by atoms with van der Waals surface area (Å²) in [5.41, 5.74) is -2.42. The molecular formula is C11H5ClF8O3S. The van der Waals surface area contributed by atoms with E-state index in [0.717, 1.165) is 0 Å². The van der Waals surface area contributed by atoms with Gasteiger partial charge in [-0.05, 0) is 18.2 Å². The molecule has 1 N–H and O–H groups in total. The second-order valence-corrected chi connectivity index (χ2v) is 7.55. The van der Waals surface area contributed by atoms with Gasteiger partial charge in [0.2, 0.25) is 6.10 Å². The molecule has 136 valence electrons. The first kappa shape index (κ1) is 18.6. The summed E-state index contributed by atoms with van der Waals surface area (Å²) in [4.78, 5) is 8.39. The molecule has 2 rings (SSSR count). The van der Waals surface area contributed by atoms with Crippen LogP contribution in [0.1, 0.15) is 5.56 Å². The van der Waals surface area contributed by atoms with Crippen molar-refractivity contribution >= 4 is 33.9 Å². The van der Waals surface area contributed by atoms with E-state index in [-0.39, 0.29) is 18.2 Å². The maximum atomic E-state index is 12.8. The molecule has 0 spiro atoms. The highest BCUT2D eigenvalue weighted by atomic mass is 35.5. The quantitative estimate of drug-likeness (QED) is 0.635. The summed E-state index contributed by atoms with van der Waals surface area (Å²) in [6.07, 6.45) is -8.06. The van der Waals surface area contributed by atoms with Crippen molar-refractivity contribution in [3.63, 3.8) is 0 Å². The minimum Gasteiger partial charge on any atom is -0.478 e. The molecule has 1 aromatic rings. The zero-order valence-electron chi connectivity index (χ0n) is 10.9. The lowest BCUT2D eigenvalue weighted by Crippen LogP contribution is -2.40. The predicted octanol–water partition coefficient (Wildman–Crippen LogP) is 5.79. The summed E-state index contributed by atoms with van der Waals surface area (Å²) in [5.74, 6) is -3.12. The van der Waals surface area contributed by atoms with Crippen molar-refractivity contribution < 1.29 is 47.2 Å². The summed E-state index contributed by atoms with van der Waals surface area (Å²) in [7, 11) is -10.2. The van der Waals surface area contributed by atoms with E-state index in [1.54, 1.807) is 0 Å². The molecule has 1 unspecified atom stereocenters. The first-order chi connectivity index (χ1) is 10.4. The van der Waals surface area contributed by atoms with E-state index in [1.165, 1.54) is 0 Å². The smallest absolute Gasteiger partial charge is 0.430 e. The van der Waals surface area contributed by atoms with Crippen LogP contribution in [-0.2, 0) is 4.79 Å². The van der Waals surface area contributed by atoms with E-state index >= 15 is 0 Å². The molecule has 0 fully saturated rings. The van der Waals surface area contributed by atoms with Crippen molar-refractivity contribution in [3.8, 4) is 5.75 Å². The summed E-state index contributed by atoms with van der Waals surface area (Å²) in [6.45, 7) is 0. The van der Waals surface area contributed by atoms with E-state index in [1.807, 2.05) is 0 Å². The van der Waals surface area contributed by atoms with Gasteiger partial charge in [0.05, 0.1) is 10.6 Å². The predicted molar refractivity (Wildman–Crippen MR) is 68.9 cm³/mol. The maximum absolute atomic E-state index is 12.8. The van der Waals surface area contributed by atoms with Crippen LogP contribution in [0.2, 0.25) is 5.02 Å². The van der Waals surface area contributed by atoms with E-state index in [0.29, 0.717) is 0 Å². The Bertz CT molecular complexity index is 768. The number of aliphatic carboxylic acids is 1. The lowest BCUT2D eigenvalue weighted by Gasteiger charge is -2.41. The first-order valence-corrected chi connectivity index (χ1v) is 7.99. The summed E-state index contributed by atoms with van der Waals surface area (Å²) in [6, 6.07) is -0.479. The van der Waals surface area contributed by atoms with Gasteiger partial charge < -0.3 is 9.84 Å². The zero-order chi connectivity index (χ0) is 18.8. The number of carbonyl (C=O) groups is 1. The molecule has 0 saturated heterocycles. The fraction of sp³-hybridized carbons (Fsp3) is 0.182. The molecule has 0 aromatic heterocycles. The lowest BCUT2D eigenvalue weighted by molar-refractivity contribution is -0.187. The van der Waals surface area contributed by atoms with Gasteiger partial charge >= 0.3 is 22.4 Å². The van der Waals surface area contributed by atoms with E-state index in [4.69, 9.17) is 16.7 Å². The van der Waals surface area contributed by atoms with Gasteiger partial charge in [-0.2, -0.15) is 13.2 Å². The number of hydrogen-bond acceptors (Lipinski definition) is 2. The van der Waals surface area contributed by atoms with E-state index in [9.17, 15) is 37.4 Å². The molecule has 1 atom stereocenters. The third kappa shape index (κ3) is 3.53. The number of rotatable bonds is 2. The number of ether oxygens (including phenoxy) is 1. The van der Waals surface area contributed by atoms with Gasteiger partial charge in [-0.1, -0.05) is 31.0 Å². The number of benzene rings is 1. The van der Waals surface area contributed by atoms with Crippen molar-refractivity contribution in [2.75, 3.05) is 0 Å². The molecule has 1 aromatic carbocycles. The second-order valence-electron chi connectivity index (χ2n) is 4.74. The number of carboxylic acid groups (broad SMARTS) is 1. The Kier molecular flexibility index (Phi) is 3.48. The fourth-order valence-electron chi connectivity index (χ4n) is 1.88. The van der Waals surface area contributed by atoms with Crippen LogP contribution >= 0.6 is 21.8 Å². The van der Waals surface area contributed by atoms with Crippen LogP contribution in [-0.4, -0.2) is 23.4 Å². The van der Waals surface area contributed by atoms with Crippen molar-refractivity contribution in [1.82, 2.24) is 0 Å². The minimum absolute atomic E-state index is 0.165. The summed E-state index contributed by atoms with van der Waals surface area (Å²) >= 11 is 5.34. The molecule has 1 heterocycles. The summed E-state index contributed by atoms with van der Waals surface area (Å²) < 4.78 is 107. The van der Waals surface area contributed by atoms with E-state index < -0.39 is 55.3 Å². The average Bonchev–Trinajstić information content (AvgIpc) is 2.33. The molecular weight excluding hydrogens is 400 g/mol. The Morgan fingerprint density at radius 3 is 2.12 bits per heavy atom. The number of carboxylic acids is 1. The standard InChI is InChI=1S/C11H5ClF8O3S/c12-7-3-5(24(16,17,18,19)20)1-4-2-6(10(21)22)9(11(13,14)15)23-8(4)7/h1-3,9H,(H,21,22). The van der Waals surface area contributed by atoms with Crippen LogP contribution in [0, 0.1) is 0 Å². The average molecular weight is 405 g/mol. The third-order valence-corrected chi connectivity index (χ3v) is 4.27. The van der Waals surface area contributed by atoms with Gasteiger partial charge in [-0.25, -0.2) is 4.79 Å². The largest absolute Gasteiger partial charge is 0.478 e. The summed E-state index contributed by atoms with van der Waals surface area (Å²) in [5, 5.41) is 7.59. The molecule has 0 radical (unpaired) electrons. The Balaban J connectivity index is 2.73. The van der Waals surface area contributed by atoms with E-state index in [2.05, 4.69) is 4.74 Å². The molecule has 0 aliphatic carbocycles. The molecule has 0 saturated carbocycles. The lowest BCUT2D eigenvalue weighted by atomic mass is 10.0. The van der Waals surface area contributed by atoms with Gasteiger partial charge in [-0.3, -0.25) is 0 Å². The number of fused-ring (bicyclic) bond motifs is 1. The Morgan fingerprint density at radius 1 is 1.17 bits per heavy atom. The van der Waals surface area contributed by atoms with Crippen LogP contribution in [0.15, 0.2) is 22.6 Å². The molecule has 0 bridgehead atoms. The molecule has 1 aliphatic rings. The Labute approximate surface area is 133 Å². The van der Waals surface area contributed by atoms with Crippen LogP contribution in [0.4, 0.5) is 32.6 Å². The Hall–Kier alpha value is -1.69. The molecule has 24 heavy (non-hydrogen) atoms. The van der Waals surface area contributed by atoms with Gasteiger partial charge in [0, 0.05) is 5.56 Å². The molecule has 1 aliphatic heterocycles. The SMILES string of the molecule is O=C(O)C1=Cc2cc(S(F)(F)(F)(F)F)cc(Cl)c2OC1C(F)(F)F. The molecule has 13 heteroatoms. The van der Waals surface area contributed by atoms with Crippen LogP contribution in [0.5, 0.6) is 5.75 Å². The normalized spacial score (nSPS) is 21.0. The number of alkyl halides is 3. The fourth-order valence-corrected chi connectivity index (χ4v) is 2.91. The molecule has 3 nitrogen and oxygen atoms in total. The molecule has 0 amide bonds. The van der Waals surface area contributed by atoms with Gasteiger partial charge in [0.1, 0.15) is 10.6 Å². The van der Waals surface area contributed by atoms with Crippen molar-refractivity contribution in [2.45, 2.75) is 17.2 Å². The maximum Gasteiger partial charge on any atom is 0.430 e. The number of halogens is 9. The monoisotopic (exact) mass is 404 g/mol. The number of hydrogen-bond donors (Lipinski definition) is 1. The first-order valence-electron chi connectivity index (χ1n) is 5.66. The third-order valence-electron chi connectivity index (χ3n) is 2.86. The Morgan fingerprint density at radius 2 is 1.71 bits per heavy atom. The van der Waals surface area contributed by atoms with Crippen LogP contribution in [0.3, 0.4) is 0 Å². The minimum atomic E-state index is -10.2. The second kappa shape index (κ2) is 4.48. The van der Waals surface area contributed by atoms with Crippen molar-refractivity contribution in [2.24, 2.45) is 0 Å². The van der Waals surface area contributed by atoms with Crippen LogP contribution < -0.4 is 4.74 Å². The van der Waals surface area contributed by atoms with Crippen LogP contribution in [0.25, 0.3) is 6.08 Å². The van der Waals surface area contributed by atoms with Crippen molar-refractivity contribution in [1.29, 1.82) is 0 Å². The topological polar surface area (TPSA) is 46.5 Å². The zero-order valence-corrected chi connectivity index (χ0v) is 12.5. The highest BCUT2D eigenvalue weighted by Crippen LogP contribution is 3.02. The van der Waals surface area contributed by atoms with Gasteiger partial charge in [0.15, 0.2) is 0 Å². The van der Waals surface area contributed by atoms with Gasteiger partial charge in [0.25, 0.3) is 0 Å². The van der Waals surface area contributed by atoms with Gasteiger partial charge in [-0.15, -0.1) is 0 Å². The van der Waals surface area contributed by atoms with Crippen molar-refractivity contribution in [3.05, 3.63) is 28.3 Å². The highest BCUT2D eigenvalue weighted by molar-refractivity contribution is 8.45.